The van der Waals surface area contributed by atoms with E-state index in [-0.39, 0.29) is 34.5 Å². The lowest BCUT2D eigenvalue weighted by Gasteiger charge is -2.34. The number of aliphatic hydroxyl groups is 1. The highest BCUT2D eigenvalue weighted by Gasteiger charge is 2.52. The van der Waals surface area contributed by atoms with Gasteiger partial charge in [-0.15, -0.1) is 0 Å². The Morgan fingerprint density at radius 2 is 1.65 bits per heavy atom. The first-order chi connectivity index (χ1) is 16.0. The number of thiocarbonyl (C=S) groups is 1. The Morgan fingerprint density at radius 3 is 2.29 bits per heavy atom. The number of phenols is 3. The van der Waals surface area contributed by atoms with Crippen molar-refractivity contribution in [2.75, 3.05) is 4.90 Å². The van der Waals surface area contributed by atoms with Crippen molar-refractivity contribution in [1.29, 1.82) is 0 Å². The minimum atomic E-state index is -4.47. The predicted octanol–water partition coefficient (Wildman–Crippen LogP) is 3.96. The maximum absolute atomic E-state index is 12.8. The normalized spacial score (nSPS) is 19.5. The van der Waals surface area contributed by atoms with Crippen molar-refractivity contribution in [3.05, 3.63) is 83.4 Å². The van der Waals surface area contributed by atoms with Gasteiger partial charge in [0.15, 0.2) is 22.4 Å². The lowest BCUT2D eigenvalue weighted by molar-refractivity contribution is -0.137. The van der Waals surface area contributed by atoms with Gasteiger partial charge in [0.1, 0.15) is 5.75 Å². The van der Waals surface area contributed by atoms with Gasteiger partial charge in [-0.2, -0.15) is 13.2 Å². The van der Waals surface area contributed by atoms with Crippen LogP contribution in [0.5, 0.6) is 17.2 Å². The van der Waals surface area contributed by atoms with Gasteiger partial charge in [-0.1, -0.05) is 24.3 Å². The number of aliphatic imine (C=N–C) groups is 1. The summed E-state index contributed by atoms with van der Waals surface area (Å²) >= 11 is 5.38. The molecular weight excluding hydrogens is 471 g/mol. The topological polar surface area (TPSA) is 109 Å². The molecule has 3 aromatic carbocycles. The Kier molecular flexibility index (Phi) is 5.84. The number of aromatic hydroxyl groups is 3. The number of hydrogen-bond acceptors (Lipinski definition) is 6. The molecule has 0 amide bonds. The van der Waals surface area contributed by atoms with E-state index in [0.717, 1.165) is 12.1 Å². The zero-order valence-electron chi connectivity index (χ0n) is 17.3. The first-order valence-corrected chi connectivity index (χ1v) is 10.3. The summed E-state index contributed by atoms with van der Waals surface area (Å²) in [6, 6.07) is 14.2. The molecule has 0 spiro atoms. The number of halogens is 3. The molecule has 11 heteroatoms. The van der Waals surface area contributed by atoms with E-state index in [4.69, 9.17) is 12.2 Å². The predicted molar refractivity (Wildman–Crippen MR) is 123 cm³/mol. The highest BCUT2D eigenvalue weighted by molar-refractivity contribution is 7.80. The summed E-state index contributed by atoms with van der Waals surface area (Å²) in [5.74, 6) is -1.37. The molecule has 7 nitrogen and oxygen atoms in total. The van der Waals surface area contributed by atoms with Crippen LogP contribution in [-0.4, -0.2) is 31.4 Å². The molecule has 0 aromatic heterocycles. The van der Waals surface area contributed by atoms with Crippen molar-refractivity contribution < 1.29 is 33.6 Å². The maximum atomic E-state index is 12.8. The van der Waals surface area contributed by atoms with Crippen molar-refractivity contribution in [3.8, 4) is 17.2 Å². The fraction of sp³-hybridized carbons (Fsp3) is 0.130. The highest BCUT2D eigenvalue weighted by Crippen LogP contribution is 2.43. The molecule has 1 atom stereocenters. The molecule has 3 aromatic rings. The Labute approximate surface area is 197 Å². The standard InChI is InChI=1S/C23H18F3N3O4S/c24-23(25,26)14-9-7-13(8-10-14)12-27-20-22(33,17-5-2-6-18(31)19(17)32)29(21(34)28-20)15-3-1-4-16(30)11-15/h1-11,30-33H,12H2,(H,27,28,34). The summed E-state index contributed by atoms with van der Waals surface area (Å²) < 4.78 is 38.5. The smallest absolute Gasteiger partial charge is 0.416 e. The number of alkyl halides is 3. The van der Waals surface area contributed by atoms with E-state index in [2.05, 4.69) is 10.3 Å². The van der Waals surface area contributed by atoms with Crippen LogP contribution in [0.2, 0.25) is 0 Å². The summed E-state index contributed by atoms with van der Waals surface area (Å²) in [4.78, 5) is 5.52. The third-order valence-electron chi connectivity index (χ3n) is 5.26. The molecule has 1 unspecified atom stereocenters. The molecule has 4 rings (SSSR count). The number of amidine groups is 1. The average molecular weight is 489 g/mol. The molecular formula is C23H18F3N3O4S. The number of rotatable bonds is 4. The summed E-state index contributed by atoms with van der Waals surface area (Å²) in [6.07, 6.45) is -4.47. The molecule has 0 bridgehead atoms. The van der Waals surface area contributed by atoms with E-state index in [1.54, 1.807) is 6.07 Å². The molecule has 5 N–H and O–H groups in total. The van der Waals surface area contributed by atoms with Crippen LogP contribution in [0, 0.1) is 0 Å². The number of benzene rings is 3. The Balaban J connectivity index is 1.80. The Hall–Kier alpha value is -3.83. The second-order valence-electron chi connectivity index (χ2n) is 7.49. The van der Waals surface area contributed by atoms with E-state index in [1.165, 1.54) is 53.4 Å². The van der Waals surface area contributed by atoms with E-state index in [0.29, 0.717) is 5.56 Å². The van der Waals surface area contributed by atoms with Crippen LogP contribution < -0.4 is 10.2 Å². The molecule has 1 aliphatic rings. The van der Waals surface area contributed by atoms with Crippen LogP contribution in [0.3, 0.4) is 0 Å². The highest BCUT2D eigenvalue weighted by atomic mass is 32.1. The van der Waals surface area contributed by atoms with Gasteiger partial charge >= 0.3 is 6.18 Å². The van der Waals surface area contributed by atoms with E-state index in [1.807, 2.05) is 0 Å². The Morgan fingerprint density at radius 1 is 0.971 bits per heavy atom. The zero-order chi connectivity index (χ0) is 24.7. The van der Waals surface area contributed by atoms with E-state index < -0.39 is 29.0 Å². The molecule has 1 fully saturated rings. The summed E-state index contributed by atoms with van der Waals surface area (Å²) in [5, 5.41) is 45.1. The molecule has 1 heterocycles. The Bertz CT molecular complexity index is 1280. The molecule has 0 radical (unpaired) electrons. The van der Waals surface area contributed by atoms with Crippen LogP contribution in [0.4, 0.5) is 18.9 Å². The van der Waals surface area contributed by atoms with Crippen molar-refractivity contribution in [3.63, 3.8) is 0 Å². The second kappa shape index (κ2) is 8.50. The molecule has 1 aliphatic heterocycles. The van der Waals surface area contributed by atoms with Crippen LogP contribution in [-0.2, 0) is 18.4 Å². The summed E-state index contributed by atoms with van der Waals surface area (Å²) in [5.41, 5.74) is -2.52. The molecule has 176 valence electrons. The van der Waals surface area contributed by atoms with Crippen molar-refractivity contribution in [2.45, 2.75) is 18.4 Å². The fourth-order valence-corrected chi connectivity index (χ4v) is 3.95. The lowest BCUT2D eigenvalue weighted by atomic mass is 9.98. The first kappa shape index (κ1) is 23.3. The van der Waals surface area contributed by atoms with Gasteiger partial charge < -0.3 is 25.7 Å². The summed E-state index contributed by atoms with van der Waals surface area (Å²) in [6.45, 7) is -0.126. The number of para-hydroxylation sites is 1. The van der Waals surface area contributed by atoms with Gasteiger partial charge in [-0.25, -0.2) is 0 Å². The summed E-state index contributed by atoms with van der Waals surface area (Å²) in [7, 11) is 0. The average Bonchev–Trinajstić information content (AvgIpc) is 3.04. The van der Waals surface area contributed by atoms with E-state index in [9.17, 15) is 33.6 Å². The van der Waals surface area contributed by atoms with Crippen LogP contribution in [0.25, 0.3) is 0 Å². The minimum Gasteiger partial charge on any atom is -0.508 e. The number of hydrogen-bond donors (Lipinski definition) is 5. The van der Waals surface area contributed by atoms with Gasteiger partial charge in [0.05, 0.1) is 23.4 Å². The molecule has 0 saturated carbocycles. The molecule has 0 aliphatic carbocycles. The largest absolute Gasteiger partial charge is 0.508 e. The van der Waals surface area contributed by atoms with Crippen LogP contribution in [0.1, 0.15) is 16.7 Å². The lowest BCUT2D eigenvalue weighted by Crippen LogP contribution is -2.47. The van der Waals surface area contributed by atoms with Crippen molar-refractivity contribution in [2.24, 2.45) is 4.99 Å². The fourth-order valence-electron chi connectivity index (χ4n) is 3.61. The van der Waals surface area contributed by atoms with Gasteiger partial charge in [0.2, 0.25) is 5.72 Å². The van der Waals surface area contributed by atoms with Gasteiger partial charge in [-0.3, -0.25) is 9.89 Å². The molecule has 1 saturated heterocycles. The number of phenolic OH excluding ortho intramolecular Hbond substituents is 3. The third-order valence-corrected chi connectivity index (χ3v) is 5.55. The van der Waals surface area contributed by atoms with E-state index >= 15 is 0 Å². The minimum absolute atomic E-state index is 0.0259. The number of nitrogens with zero attached hydrogens (tertiary/aromatic N) is 2. The number of anilines is 1. The SMILES string of the molecule is Oc1cccc(N2C(=S)NC(=NCc3ccc(C(F)(F)F)cc3)C2(O)c2cccc(O)c2O)c1. The van der Waals surface area contributed by atoms with Gasteiger partial charge in [0, 0.05) is 6.07 Å². The first-order valence-electron chi connectivity index (χ1n) is 9.87. The van der Waals surface area contributed by atoms with Crippen LogP contribution >= 0.6 is 12.2 Å². The van der Waals surface area contributed by atoms with Gasteiger partial charge in [0.25, 0.3) is 0 Å². The monoisotopic (exact) mass is 489 g/mol. The molecule has 34 heavy (non-hydrogen) atoms. The quantitative estimate of drug-likeness (QED) is 0.279. The maximum Gasteiger partial charge on any atom is 0.416 e. The zero-order valence-corrected chi connectivity index (χ0v) is 18.1. The third kappa shape index (κ3) is 4.11. The van der Waals surface area contributed by atoms with Crippen molar-refractivity contribution >= 4 is 28.9 Å². The number of nitrogens with one attached hydrogen (secondary N) is 1. The van der Waals surface area contributed by atoms with Crippen LogP contribution in [0.15, 0.2) is 71.7 Å². The second-order valence-corrected chi connectivity index (χ2v) is 7.88. The van der Waals surface area contributed by atoms with Crippen molar-refractivity contribution in [1.82, 2.24) is 5.32 Å². The van der Waals surface area contributed by atoms with Gasteiger partial charge in [-0.05, 0) is 54.2 Å².